The molecule has 3 rings (SSSR count). The van der Waals surface area contributed by atoms with Crippen molar-refractivity contribution in [2.75, 3.05) is 6.54 Å². The maximum atomic E-state index is 14.1. The summed E-state index contributed by atoms with van der Waals surface area (Å²) in [6.07, 6.45) is -3.27. The Kier molecular flexibility index (Phi) is 9.33. The third-order valence-corrected chi connectivity index (χ3v) is 12.0. The Balaban J connectivity index is 2.06. The molecule has 1 amide bonds. The van der Waals surface area contributed by atoms with Crippen molar-refractivity contribution in [2.24, 2.45) is 5.92 Å². The number of carbonyl (C=O) groups excluding carboxylic acids is 1. The minimum atomic E-state index is -2.61. The molecule has 208 valence electrons. The van der Waals surface area contributed by atoms with Crippen LogP contribution in [0.1, 0.15) is 38.3 Å². The predicted octanol–water partition coefficient (Wildman–Crippen LogP) is 5.37. The summed E-state index contributed by atoms with van der Waals surface area (Å²) < 4.78 is 40.6. The molecule has 0 saturated carbocycles. The van der Waals surface area contributed by atoms with Gasteiger partial charge in [0.1, 0.15) is 18.2 Å². The van der Waals surface area contributed by atoms with Crippen LogP contribution in [0.2, 0.25) is 18.1 Å². The number of amides is 1. The first-order valence-corrected chi connectivity index (χ1v) is 15.6. The Morgan fingerprint density at radius 2 is 1.68 bits per heavy atom. The lowest BCUT2D eigenvalue weighted by Gasteiger charge is -2.44. The SMILES string of the molecule is CC(C)(C)[Si](C)(C)O[C@H](C1CC(O)CN1C(=O)O)[C@H](Cc1cc(F)cc(F)c1)C(=O)OCc1ccccc1. The smallest absolute Gasteiger partial charge is 0.407 e. The molecule has 1 heterocycles. The number of halogens is 2. The molecule has 0 aromatic heterocycles. The van der Waals surface area contributed by atoms with Crippen LogP contribution in [0.25, 0.3) is 0 Å². The number of hydrogen-bond donors (Lipinski definition) is 2. The number of aliphatic hydroxyl groups is 1. The normalized spacial score (nSPS) is 19.7. The van der Waals surface area contributed by atoms with E-state index in [0.717, 1.165) is 28.7 Å². The summed E-state index contributed by atoms with van der Waals surface area (Å²) in [6, 6.07) is 11.2. The molecule has 0 radical (unpaired) electrons. The first kappa shape index (κ1) is 29.7. The van der Waals surface area contributed by atoms with Gasteiger partial charge in [-0.1, -0.05) is 51.1 Å². The second-order valence-electron chi connectivity index (χ2n) is 11.4. The molecule has 10 heteroatoms. The third kappa shape index (κ3) is 7.39. The van der Waals surface area contributed by atoms with Gasteiger partial charge in [0.2, 0.25) is 0 Å². The topological polar surface area (TPSA) is 96.3 Å². The molecule has 7 nitrogen and oxygen atoms in total. The Morgan fingerprint density at radius 1 is 1.08 bits per heavy atom. The van der Waals surface area contributed by atoms with E-state index in [0.29, 0.717) is 0 Å². The molecule has 0 aliphatic carbocycles. The zero-order valence-corrected chi connectivity index (χ0v) is 23.5. The van der Waals surface area contributed by atoms with Crippen LogP contribution in [0.4, 0.5) is 13.6 Å². The van der Waals surface area contributed by atoms with E-state index >= 15 is 0 Å². The van der Waals surface area contributed by atoms with Gasteiger partial charge < -0.3 is 24.3 Å². The summed E-state index contributed by atoms with van der Waals surface area (Å²) in [5, 5.41) is 20.0. The molecule has 1 aliphatic rings. The van der Waals surface area contributed by atoms with E-state index in [1.165, 1.54) is 0 Å². The Morgan fingerprint density at radius 3 is 2.24 bits per heavy atom. The molecule has 1 aliphatic heterocycles. The average Bonchev–Trinajstić information content (AvgIpc) is 3.21. The monoisotopic (exact) mass is 549 g/mol. The first-order valence-electron chi connectivity index (χ1n) is 12.7. The highest BCUT2D eigenvalue weighted by Crippen LogP contribution is 2.41. The van der Waals surface area contributed by atoms with Crippen LogP contribution in [0.3, 0.4) is 0 Å². The van der Waals surface area contributed by atoms with Crippen molar-refractivity contribution in [2.45, 2.75) is 76.6 Å². The van der Waals surface area contributed by atoms with Gasteiger partial charge in [-0.3, -0.25) is 4.79 Å². The van der Waals surface area contributed by atoms with Gasteiger partial charge in [0.15, 0.2) is 8.32 Å². The first-order chi connectivity index (χ1) is 17.7. The van der Waals surface area contributed by atoms with E-state index in [9.17, 15) is 28.6 Å². The van der Waals surface area contributed by atoms with Crippen LogP contribution in [-0.4, -0.2) is 60.3 Å². The van der Waals surface area contributed by atoms with Gasteiger partial charge in [0.25, 0.3) is 0 Å². The quantitative estimate of drug-likeness (QED) is 0.323. The zero-order valence-electron chi connectivity index (χ0n) is 22.5. The molecular formula is C28H37F2NO6Si. The molecule has 2 N–H and O–H groups in total. The van der Waals surface area contributed by atoms with Crippen LogP contribution >= 0.6 is 0 Å². The molecule has 2 unspecified atom stereocenters. The van der Waals surface area contributed by atoms with Crippen molar-refractivity contribution >= 4 is 20.4 Å². The number of ether oxygens (including phenoxy) is 1. The lowest BCUT2D eigenvalue weighted by atomic mass is 9.88. The minimum absolute atomic E-state index is 0.0313. The van der Waals surface area contributed by atoms with E-state index in [2.05, 4.69) is 0 Å². The van der Waals surface area contributed by atoms with Crippen molar-refractivity contribution < 1.29 is 37.7 Å². The van der Waals surface area contributed by atoms with Gasteiger partial charge in [-0.2, -0.15) is 0 Å². The molecule has 2 aromatic rings. The van der Waals surface area contributed by atoms with E-state index in [4.69, 9.17) is 9.16 Å². The second-order valence-corrected chi connectivity index (χ2v) is 16.2. The van der Waals surface area contributed by atoms with Crippen molar-refractivity contribution in [1.82, 2.24) is 4.90 Å². The summed E-state index contributed by atoms with van der Waals surface area (Å²) in [5.41, 5.74) is 0.968. The van der Waals surface area contributed by atoms with Gasteiger partial charge >= 0.3 is 12.1 Å². The number of benzene rings is 2. The van der Waals surface area contributed by atoms with Gasteiger partial charge in [-0.15, -0.1) is 0 Å². The number of β-amino-alcohol motifs (C(OH)–C–C–N with tert-alkyl or cyclic N) is 1. The maximum Gasteiger partial charge on any atom is 0.407 e. The summed E-state index contributed by atoms with van der Waals surface area (Å²) >= 11 is 0. The lowest BCUT2D eigenvalue weighted by Crippen LogP contribution is -2.55. The molecule has 38 heavy (non-hydrogen) atoms. The Bertz CT molecular complexity index is 1100. The van der Waals surface area contributed by atoms with Gasteiger partial charge in [-0.05, 0) is 54.2 Å². The standard InChI is InChI=1S/C28H37F2NO6Si/c1-28(2,3)38(4,5)37-25(24-15-22(32)16-31(24)27(34)35)23(13-19-11-20(29)14-21(30)12-19)26(33)36-17-18-9-7-6-8-10-18/h6-12,14,22-25,32H,13,15-17H2,1-5H3,(H,34,35)/t22?,23-,24?,25-/m0/s1. The summed E-state index contributed by atoms with van der Waals surface area (Å²) in [6.45, 7) is 9.84. The van der Waals surface area contributed by atoms with Crippen molar-refractivity contribution in [3.63, 3.8) is 0 Å². The Hall–Kier alpha value is -2.82. The number of hydrogen-bond acceptors (Lipinski definition) is 5. The largest absolute Gasteiger partial charge is 0.465 e. The third-order valence-electron chi connectivity index (χ3n) is 7.48. The van der Waals surface area contributed by atoms with Crippen molar-refractivity contribution in [3.8, 4) is 0 Å². The van der Waals surface area contributed by atoms with Crippen molar-refractivity contribution in [3.05, 3.63) is 71.3 Å². The van der Waals surface area contributed by atoms with E-state index in [1.54, 1.807) is 12.1 Å². The fraction of sp³-hybridized carbons (Fsp3) is 0.500. The molecule has 0 spiro atoms. The van der Waals surface area contributed by atoms with E-state index in [1.807, 2.05) is 52.1 Å². The lowest BCUT2D eigenvalue weighted by molar-refractivity contribution is -0.155. The van der Waals surface area contributed by atoms with Gasteiger partial charge in [0, 0.05) is 6.07 Å². The summed E-state index contributed by atoms with van der Waals surface area (Å²) in [4.78, 5) is 26.9. The fourth-order valence-corrected chi connectivity index (χ4v) is 5.83. The van der Waals surface area contributed by atoms with Crippen molar-refractivity contribution in [1.29, 1.82) is 0 Å². The number of aliphatic hydroxyl groups excluding tert-OH is 1. The molecule has 4 atom stereocenters. The van der Waals surface area contributed by atoms with E-state index < -0.39 is 56.2 Å². The highest BCUT2D eigenvalue weighted by Gasteiger charge is 2.50. The van der Waals surface area contributed by atoms with E-state index in [-0.39, 0.29) is 36.6 Å². The highest BCUT2D eigenvalue weighted by atomic mass is 28.4. The second kappa shape index (κ2) is 11.9. The van der Waals surface area contributed by atoms with Crippen LogP contribution in [-0.2, 0) is 27.0 Å². The van der Waals surface area contributed by atoms with Gasteiger partial charge in [0.05, 0.1) is 30.7 Å². The minimum Gasteiger partial charge on any atom is -0.465 e. The van der Waals surface area contributed by atoms with Gasteiger partial charge in [-0.25, -0.2) is 13.6 Å². The molecule has 2 aromatic carbocycles. The number of rotatable bonds is 9. The highest BCUT2D eigenvalue weighted by molar-refractivity contribution is 6.74. The molecular weight excluding hydrogens is 512 g/mol. The zero-order chi connectivity index (χ0) is 28.3. The van der Waals surface area contributed by atoms with Crippen LogP contribution in [0, 0.1) is 17.6 Å². The number of esters is 1. The molecule has 1 saturated heterocycles. The van der Waals surface area contributed by atoms with Crippen LogP contribution in [0.5, 0.6) is 0 Å². The van der Waals surface area contributed by atoms with Crippen LogP contribution < -0.4 is 0 Å². The number of carbonyl (C=O) groups is 2. The number of nitrogens with zero attached hydrogens (tertiary/aromatic N) is 1. The predicted molar refractivity (Wildman–Crippen MR) is 141 cm³/mol. The fourth-order valence-electron chi connectivity index (χ4n) is 4.47. The molecule has 0 bridgehead atoms. The maximum absolute atomic E-state index is 14.1. The summed E-state index contributed by atoms with van der Waals surface area (Å²) in [7, 11) is -2.61. The Labute approximate surface area is 223 Å². The molecule has 1 fully saturated rings. The average molecular weight is 550 g/mol. The van der Waals surface area contributed by atoms with Crippen LogP contribution in [0.15, 0.2) is 48.5 Å². The number of carboxylic acid groups (broad SMARTS) is 1. The summed E-state index contributed by atoms with van der Waals surface area (Å²) in [5.74, 6) is -3.34. The number of likely N-dealkylation sites (tertiary alicyclic amines) is 1.